The first-order valence-corrected chi connectivity index (χ1v) is 8.98. The van der Waals surface area contributed by atoms with E-state index in [2.05, 4.69) is 10.5 Å². The van der Waals surface area contributed by atoms with Gasteiger partial charge in [-0.3, -0.25) is 4.79 Å². The van der Waals surface area contributed by atoms with Gasteiger partial charge in [0, 0.05) is 18.7 Å². The molecule has 3 rings (SSSR count). The first-order valence-electron chi connectivity index (χ1n) is 7.54. The van der Waals surface area contributed by atoms with Crippen LogP contribution in [0.5, 0.6) is 0 Å². The van der Waals surface area contributed by atoms with Crippen molar-refractivity contribution in [2.75, 3.05) is 13.1 Å². The molecular weight excluding hydrogens is 330 g/mol. The number of carbonyl (C=O) groups excluding carboxylic acids is 1. The van der Waals surface area contributed by atoms with Crippen LogP contribution in [0.2, 0.25) is 0 Å². The van der Waals surface area contributed by atoms with Gasteiger partial charge in [-0.25, -0.2) is 13.8 Å². The van der Waals surface area contributed by atoms with Gasteiger partial charge in [0.15, 0.2) is 0 Å². The number of nitrogens with one attached hydrogen (secondary N) is 1. The van der Waals surface area contributed by atoms with Gasteiger partial charge >= 0.3 is 0 Å². The molecule has 1 aliphatic heterocycles. The van der Waals surface area contributed by atoms with Gasteiger partial charge in [0.1, 0.15) is 5.76 Å². The smallest absolute Gasteiger partial charge is 0.271 e. The van der Waals surface area contributed by atoms with E-state index < -0.39 is 15.9 Å². The fourth-order valence-electron chi connectivity index (χ4n) is 2.44. The standard InChI is InChI=1S/C16H17N3O4S/c20-16(18-17-12-14-4-3-11-23-14)13-5-7-15(8-6-13)24(21,22)19-9-1-2-10-19/h3-8,11-12H,1-2,9-10H2,(H,18,20)/b17-12-. The minimum absolute atomic E-state index is 0.194. The molecule has 2 heterocycles. The molecule has 0 atom stereocenters. The first kappa shape index (κ1) is 16.4. The average molecular weight is 347 g/mol. The fourth-order valence-corrected chi connectivity index (χ4v) is 3.96. The minimum Gasteiger partial charge on any atom is -0.463 e. The number of sulfonamides is 1. The molecular formula is C16H17N3O4S. The summed E-state index contributed by atoms with van der Waals surface area (Å²) in [7, 11) is -3.47. The molecule has 1 fully saturated rings. The highest BCUT2D eigenvalue weighted by molar-refractivity contribution is 7.89. The van der Waals surface area contributed by atoms with E-state index in [1.54, 1.807) is 12.1 Å². The Morgan fingerprint density at radius 1 is 1.17 bits per heavy atom. The second-order valence-electron chi connectivity index (χ2n) is 5.35. The van der Waals surface area contributed by atoms with Crippen molar-refractivity contribution in [1.29, 1.82) is 0 Å². The number of carbonyl (C=O) groups is 1. The summed E-state index contributed by atoms with van der Waals surface area (Å²) < 4.78 is 31.3. The summed E-state index contributed by atoms with van der Waals surface area (Å²) in [5, 5.41) is 3.78. The highest BCUT2D eigenvalue weighted by Crippen LogP contribution is 2.21. The zero-order chi connectivity index (χ0) is 17.0. The highest BCUT2D eigenvalue weighted by atomic mass is 32.2. The number of hydrogen-bond acceptors (Lipinski definition) is 5. The maximum Gasteiger partial charge on any atom is 0.271 e. The maximum absolute atomic E-state index is 12.4. The van der Waals surface area contributed by atoms with Crippen LogP contribution in [-0.4, -0.2) is 37.9 Å². The van der Waals surface area contributed by atoms with Crippen molar-refractivity contribution in [2.45, 2.75) is 17.7 Å². The number of furan rings is 1. The van der Waals surface area contributed by atoms with Crippen molar-refractivity contribution < 1.29 is 17.6 Å². The lowest BCUT2D eigenvalue weighted by Crippen LogP contribution is -2.28. The normalized spacial score (nSPS) is 15.8. The van der Waals surface area contributed by atoms with E-state index in [9.17, 15) is 13.2 Å². The van der Waals surface area contributed by atoms with Gasteiger partial charge in [-0.05, 0) is 49.2 Å². The van der Waals surface area contributed by atoms with Crippen molar-refractivity contribution in [1.82, 2.24) is 9.73 Å². The summed E-state index contributed by atoms with van der Waals surface area (Å²) in [5.74, 6) is 0.0882. The molecule has 1 amide bonds. The lowest BCUT2D eigenvalue weighted by Gasteiger charge is -2.15. The van der Waals surface area contributed by atoms with Crippen LogP contribution in [0.1, 0.15) is 29.0 Å². The molecule has 24 heavy (non-hydrogen) atoms. The Morgan fingerprint density at radius 2 is 1.88 bits per heavy atom. The maximum atomic E-state index is 12.4. The van der Waals surface area contributed by atoms with E-state index in [0.29, 0.717) is 24.4 Å². The van der Waals surface area contributed by atoms with Crippen LogP contribution in [0, 0.1) is 0 Å². The number of amides is 1. The molecule has 2 aromatic rings. The molecule has 0 aliphatic carbocycles. The van der Waals surface area contributed by atoms with Gasteiger partial charge in [0.25, 0.3) is 5.91 Å². The molecule has 1 aromatic carbocycles. The quantitative estimate of drug-likeness (QED) is 0.660. The molecule has 8 heteroatoms. The second-order valence-corrected chi connectivity index (χ2v) is 7.29. The van der Waals surface area contributed by atoms with Gasteiger partial charge < -0.3 is 4.42 Å². The summed E-state index contributed by atoms with van der Waals surface area (Å²) in [6, 6.07) is 9.25. The topological polar surface area (TPSA) is 92.0 Å². The van der Waals surface area contributed by atoms with Gasteiger partial charge in [-0.15, -0.1) is 0 Å². The van der Waals surface area contributed by atoms with Crippen LogP contribution in [0.25, 0.3) is 0 Å². The Kier molecular flexibility index (Phi) is 4.77. The van der Waals surface area contributed by atoms with Crippen molar-refractivity contribution in [2.24, 2.45) is 5.10 Å². The first-order chi connectivity index (χ1) is 11.6. The third-order valence-corrected chi connectivity index (χ3v) is 5.63. The Balaban J connectivity index is 1.66. The summed E-state index contributed by atoms with van der Waals surface area (Å²) in [6.07, 6.45) is 4.65. The largest absolute Gasteiger partial charge is 0.463 e. The minimum atomic E-state index is -3.47. The van der Waals surface area contributed by atoms with E-state index in [1.807, 2.05) is 0 Å². The van der Waals surface area contributed by atoms with Crippen molar-refractivity contribution in [3.63, 3.8) is 0 Å². The van der Waals surface area contributed by atoms with Crippen LogP contribution in [0.15, 0.2) is 57.1 Å². The number of hydrazone groups is 1. The van der Waals surface area contributed by atoms with Crippen LogP contribution >= 0.6 is 0 Å². The number of benzene rings is 1. The molecule has 126 valence electrons. The summed E-state index contributed by atoms with van der Waals surface area (Å²) in [4.78, 5) is 12.2. The lowest BCUT2D eigenvalue weighted by molar-refractivity contribution is 0.0955. The summed E-state index contributed by atoms with van der Waals surface area (Å²) in [5.41, 5.74) is 2.69. The molecule has 0 bridgehead atoms. The Hall–Kier alpha value is -2.45. The van der Waals surface area contributed by atoms with Crippen LogP contribution in [0.4, 0.5) is 0 Å². The number of hydrogen-bond donors (Lipinski definition) is 1. The molecule has 7 nitrogen and oxygen atoms in total. The van der Waals surface area contributed by atoms with E-state index in [1.165, 1.54) is 41.0 Å². The monoisotopic (exact) mass is 347 g/mol. The molecule has 0 saturated carbocycles. The van der Waals surface area contributed by atoms with E-state index in [-0.39, 0.29) is 4.90 Å². The summed E-state index contributed by atoms with van der Waals surface area (Å²) in [6.45, 7) is 1.10. The average Bonchev–Trinajstić information content (AvgIpc) is 3.29. The zero-order valence-corrected chi connectivity index (χ0v) is 13.7. The SMILES string of the molecule is O=C(N/N=C\c1ccco1)c1ccc(S(=O)(=O)N2CCCC2)cc1. The highest BCUT2D eigenvalue weighted by Gasteiger charge is 2.27. The molecule has 1 N–H and O–H groups in total. The molecule has 1 saturated heterocycles. The van der Waals surface area contributed by atoms with Gasteiger partial charge in [0.2, 0.25) is 10.0 Å². The van der Waals surface area contributed by atoms with Gasteiger partial charge in [-0.1, -0.05) is 0 Å². The second kappa shape index (κ2) is 6.98. The van der Waals surface area contributed by atoms with Crippen LogP contribution in [0.3, 0.4) is 0 Å². The van der Waals surface area contributed by atoms with Gasteiger partial charge in [-0.2, -0.15) is 9.41 Å². The van der Waals surface area contributed by atoms with E-state index >= 15 is 0 Å². The predicted molar refractivity (Wildman–Crippen MR) is 88.2 cm³/mol. The molecule has 0 radical (unpaired) electrons. The van der Waals surface area contributed by atoms with Crippen molar-refractivity contribution in [3.05, 3.63) is 54.0 Å². The number of rotatable bonds is 5. The Labute approximate surface area is 140 Å². The molecule has 1 aliphatic rings. The van der Waals surface area contributed by atoms with Crippen LogP contribution < -0.4 is 5.43 Å². The summed E-state index contributed by atoms with van der Waals surface area (Å²) >= 11 is 0. The molecule has 0 unspecified atom stereocenters. The lowest BCUT2D eigenvalue weighted by atomic mass is 10.2. The Bertz CT molecular complexity index is 821. The third-order valence-electron chi connectivity index (χ3n) is 3.72. The molecule has 1 aromatic heterocycles. The molecule has 0 spiro atoms. The predicted octanol–water partition coefficient (Wildman–Crippen LogP) is 1.83. The van der Waals surface area contributed by atoms with Crippen LogP contribution in [-0.2, 0) is 10.0 Å². The van der Waals surface area contributed by atoms with E-state index in [4.69, 9.17) is 4.42 Å². The number of nitrogens with zero attached hydrogens (tertiary/aromatic N) is 2. The fraction of sp³-hybridized carbons (Fsp3) is 0.250. The zero-order valence-electron chi connectivity index (χ0n) is 12.9. The third kappa shape index (κ3) is 3.55. The van der Waals surface area contributed by atoms with Crippen molar-refractivity contribution in [3.8, 4) is 0 Å². The Morgan fingerprint density at radius 3 is 2.50 bits per heavy atom. The van der Waals surface area contributed by atoms with Crippen molar-refractivity contribution >= 4 is 22.1 Å². The van der Waals surface area contributed by atoms with E-state index in [0.717, 1.165) is 12.8 Å². The van der Waals surface area contributed by atoms with Gasteiger partial charge in [0.05, 0.1) is 17.4 Å².